The van der Waals surface area contributed by atoms with Crippen molar-refractivity contribution in [1.29, 1.82) is 0 Å². The predicted molar refractivity (Wildman–Crippen MR) is 76.9 cm³/mol. The minimum Gasteiger partial charge on any atom is -0.469 e. The maximum Gasteiger partial charge on any atom is 0.257 e. The predicted octanol–water partition coefficient (Wildman–Crippen LogP) is 0.479. The lowest BCUT2D eigenvalue weighted by Crippen LogP contribution is -2.45. The Bertz CT molecular complexity index is 568. The minimum atomic E-state index is -0.0714. The lowest BCUT2D eigenvalue weighted by atomic mass is 10.0. The highest BCUT2D eigenvalue weighted by Crippen LogP contribution is 2.35. The summed E-state index contributed by atoms with van der Waals surface area (Å²) in [7, 11) is 3.64. The molecule has 3 heterocycles. The molecule has 2 amide bonds. The Labute approximate surface area is 124 Å². The highest BCUT2D eigenvalue weighted by Gasteiger charge is 2.48. The third-order valence-corrected chi connectivity index (χ3v) is 4.87. The van der Waals surface area contributed by atoms with E-state index in [1.807, 2.05) is 11.9 Å². The zero-order valence-electron chi connectivity index (χ0n) is 12.6. The van der Waals surface area contributed by atoms with Crippen LogP contribution in [0.1, 0.15) is 22.5 Å². The Hall–Kier alpha value is -1.82. The first-order chi connectivity index (χ1) is 10.0. The molecule has 0 radical (unpaired) electrons. The van der Waals surface area contributed by atoms with Gasteiger partial charge in [0.05, 0.1) is 17.9 Å². The van der Waals surface area contributed by atoms with Gasteiger partial charge in [-0.05, 0) is 32.4 Å². The molecule has 0 saturated carbocycles. The van der Waals surface area contributed by atoms with Crippen LogP contribution in [0.4, 0.5) is 0 Å². The molecular weight excluding hydrogens is 270 g/mol. The van der Waals surface area contributed by atoms with Gasteiger partial charge in [0.15, 0.2) is 0 Å². The second-order valence-electron chi connectivity index (χ2n) is 5.96. The van der Waals surface area contributed by atoms with Crippen LogP contribution in [0.2, 0.25) is 0 Å². The van der Waals surface area contributed by atoms with Crippen LogP contribution in [-0.2, 0) is 4.79 Å². The van der Waals surface area contributed by atoms with E-state index in [-0.39, 0.29) is 23.9 Å². The molecule has 2 aliphatic rings. The number of fused-ring (bicyclic) bond motifs is 1. The molecule has 2 saturated heterocycles. The van der Waals surface area contributed by atoms with Gasteiger partial charge in [0.25, 0.3) is 5.91 Å². The number of carbonyl (C=O) groups excluding carboxylic acids is 2. The summed E-state index contributed by atoms with van der Waals surface area (Å²) in [5.74, 6) is 1.12. The van der Waals surface area contributed by atoms with Crippen LogP contribution in [0.3, 0.4) is 0 Å². The van der Waals surface area contributed by atoms with Gasteiger partial charge in [-0.3, -0.25) is 14.5 Å². The standard InChI is InChI=1S/C15H21N3O3/c1-9-11(4-5-21-9)15(20)18-7-10-6-12(14(19)16-2)17(3)13(10)8-18/h4-5,10,12-13H,6-8H2,1-3H3,(H,16,19)/t10-,12-,13+/m1/s1. The Kier molecular flexibility index (Phi) is 3.49. The fourth-order valence-electron chi connectivity index (χ4n) is 3.63. The van der Waals surface area contributed by atoms with Gasteiger partial charge in [0.2, 0.25) is 5.91 Å². The van der Waals surface area contributed by atoms with E-state index < -0.39 is 0 Å². The summed E-state index contributed by atoms with van der Waals surface area (Å²) in [6.45, 7) is 3.20. The zero-order valence-corrected chi connectivity index (χ0v) is 12.6. The second kappa shape index (κ2) is 5.18. The first-order valence-corrected chi connectivity index (χ1v) is 7.29. The first kappa shape index (κ1) is 14.1. The molecule has 1 aromatic heterocycles. The number of nitrogens with one attached hydrogen (secondary N) is 1. The van der Waals surface area contributed by atoms with Gasteiger partial charge in [-0.25, -0.2) is 0 Å². The highest BCUT2D eigenvalue weighted by molar-refractivity contribution is 5.95. The molecule has 0 spiro atoms. The smallest absolute Gasteiger partial charge is 0.257 e. The summed E-state index contributed by atoms with van der Waals surface area (Å²) >= 11 is 0. The lowest BCUT2D eigenvalue weighted by Gasteiger charge is -2.25. The topological polar surface area (TPSA) is 65.8 Å². The molecular formula is C15H21N3O3. The Morgan fingerprint density at radius 3 is 2.71 bits per heavy atom. The van der Waals surface area contributed by atoms with Gasteiger partial charge >= 0.3 is 0 Å². The quantitative estimate of drug-likeness (QED) is 0.860. The fraction of sp³-hybridized carbons (Fsp3) is 0.600. The third-order valence-electron chi connectivity index (χ3n) is 4.87. The maximum absolute atomic E-state index is 12.5. The molecule has 21 heavy (non-hydrogen) atoms. The van der Waals surface area contributed by atoms with Crippen molar-refractivity contribution in [1.82, 2.24) is 15.1 Å². The van der Waals surface area contributed by atoms with Crippen LogP contribution in [0, 0.1) is 12.8 Å². The summed E-state index contributed by atoms with van der Waals surface area (Å²) < 4.78 is 5.21. The number of hydrogen-bond donors (Lipinski definition) is 1. The molecule has 0 aromatic carbocycles. The number of likely N-dealkylation sites (tertiary alicyclic amines) is 2. The molecule has 3 rings (SSSR count). The van der Waals surface area contributed by atoms with Crippen molar-refractivity contribution >= 4 is 11.8 Å². The molecule has 1 aromatic rings. The van der Waals surface area contributed by atoms with Crippen molar-refractivity contribution in [2.75, 3.05) is 27.2 Å². The lowest BCUT2D eigenvalue weighted by molar-refractivity contribution is -0.125. The minimum absolute atomic E-state index is 0.0283. The number of rotatable bonds is 2. The Morgan fingerprint density at radius 1 is 1.38 bits per heavy atom. The number of amides is 2. The van der Waals surface area contributed by atoms with E-state index in [0.29, 0.717) is 30.3 Å². The van der Waals surface area contributed by atoms with E-state index in [0.717, 1.165) is 6.42 Å². The monoisotopic (exact) mass is 291 g/mol. The normalized spacial score (nSPS) is 28.7. The summed E-state index contributed by atoms with van der Waals surface area (Å²) in [6, 6.07) is 1.92. The Balaban J connectivity index is 1.70. The maximum atomic E-state index is 12.5. The number of hydrogen-bond acceptors (Lipinski definition) is 4. The van der Waals surface area contributed by atoms with Crippen molar-refractivity contribution in [3.8, 4) is 0 Å². The number of furan rings is 1. The van der Waals surface area contributed by atoms with Crippen molar-refractivity contribution in [2.45, 2.75) is 25.4 Å². The highest BCUT2D eigenvalue weighted by atomic mass is 16.3. The summed E-state index contributed by atoms with van der Waals surface area (Å²) in [5.41, 5.74) is 0.639. The van der Waals surface area contributed by atoms with Gasteiger partial charge in [-0.1, -0.05) is 0 Å². The van der Waals surface area contributed by atoms with Crippen LogP contribution in [0.15, 0.2) is 16.7 Å². The molecule has 0 bridgehead atoms. The molecule has 2 fully saturated rings. The number of aryl methyl sites for hydroxylation is 1. The molecule has 6 heteroatoms. The molecule has 0 aliphatic carbocycles. The van der Waals surface area contributed by atoms with E-state index in [4.69, 9.17) is 4.42 Å². The van der Waals surface area contributed by atoms with Gasteiger partial charge in [0, 0.05) is 26.2 Å². The van der Waals surface area contributed by atoms with Gasteiger partial charge in [-0.2, -0.15) is 0 Å². The molecule has 114 valence electrons. The van der Waals surface area contributed by atoms with Gasteiger partial charge < -0.3 is 14.6 Å². The van der Waals surface area contributed by atoms with Crippen LogP contribution in [0.25, 0.3) is 0 Å². The van der Waals surface area contributed by atoms with Crippen molar-refractivity contribution < 1.29 is 14.0 Å². The van der Waals surface area contributed by atoms with Crippen molar-refractivity contribution in [3.05, 3.63) is 23.7 Å². The van der Waals surface area contributed by atoms with Crippen molar-refractivity contribution in [2.24, 2.45) is 5.92 Å². The average molecular weight is 291 g/mol. The zero-order chi connectivity index (χ0) is 15.1. The molecule has 0 unspecified atom stereocenters. The van der Waals surface area contributed by atoms with Crippen LogP contribution >= 0.6 is 0 Å². The first-order valence-electron chi connectivity index (χ1n) is 7.29. The van der Waals surface area contributed by atoms with Gasteiger partial charge in [0.1, 0.15) is 5.76 Å². The van der Waals surface area contributed by atoms with Crippen LogP contribution in [-0.4, -0.2) is 60.9 Å². The number of carbonyl (C=O) groups is 2. The number of likely N-dealkylation sites (N-methyl/N-ethyl adjacent to an activating group) is 2. The summed E-state index contributed by atoms with van der Waals surface area (Å²) in [4.78, 5) is 28.4. The fourth-order valence-corrected chi connectivity index (χ4v) is 3.63. The average Bonchev–Trinajstić information content (AvgIpc) is 3.14. The summed E-state index contributed by atoms with van der Waals surface area (Å²) in [6.07, 6.45) is 2.36. The Morgan fingerprint density at radius 2 is 2.14 bits per heavy atom. The molecule has 3 atom stereocenters. The largest absolute Gasteiger partial charge is 0.469 e. The van der Waals surface area contributed by atoms with E-state index in [9.17, 15) is 9.59 Å². The SMILES string of the molecule is CNC(=O)[C@H]1C[C@@H]2CN(C(=O)c3ccoc3C)C[C@@H]2N1C. The summed E-state index contributed by atoms with van der Waals surface area (Å²) in [5, 5.41) is 2.72. The molecule has 1 N–H and O–H groups in total. The van der Waals surface area contributed by atoms with Gasteiger partial charge in [-0.15, -0.1) is 0 Å². The van der Waals surface area contributed by atoms with E-state index >= 15 is 0 Å². The third kappa shape index (κ3) is 2.23. The molecule has 2 aliphatic heterocycles. The van der Waals surface area contributed by atoms with Crippen LogP contribution in [0.5, 0.6) is 0 Å². The van der Waals surface area contributed by atoms with E-state index in [1.165, 1.54) is 0 Å². The van der Waals surface area contributed by atoms with Crippen molar-refractivity contribution in [3.63, 3.8) is 0 Å². The van der Waals surface area contributed by atoms with E-state index in [1.54, 1.807) is 26.3 Å². The molecule has 6 nitrogen and oxygen atoms in total. The van der Waals surface area contributed by atoms with E-state index in [2.05, 4.69) is 10.2 Å². The number of nitrogens with zero attached hydrogens (tertiary/aromatic N) is 2. The second-order valence-corrected chi connectivity index (χ2v) is 5.96. The van der Waals surface area contributed by atoms with Crippen LogP contribution < -0.4 is 5.32 Å².